The molecular weight excluding hydrogens is 268 g/mol. The second-order valence-corrected chi connectivity index (χ2v) is 2.79. The minimum atomic E-state index is -0.827. The first kappa shape index (κ1) is 13.7. The summed E-state index contributed by atoms with van der Waals surface area (Å²) in [5.41, 5.74) is 10.2. The summed E-state index contributed by atoms with van der Waals surface area (Å²) >= 11 is 0. The largest absolute Gasteiger partial charge is 0.448 e. The number of hydrogen-bond donors (Lipinski definition) is 2. The predicted octanol–water partition coefficient (Wildman–Crippen LogP) is -0.157. The third-order valence-electron chi connectivity index (χ3n) is 1.74. The molecular formula is C7H13BrN4O3. The molecule has 0 atom stereocenters. The summed E-state index contributed by atoms with van der Waals surface area (Å²) in [4.78, 5) is 26.1. The van der Waals surface area contributed by atoms with Gasteiger partial charge in [-0.25, -0.2) is 9.59 Å². The van der Waals surface area contributed by atoms with Crippen LogP contribution in [0.1, 0.15) is 6.42 Å². The Morgan fingerprint density at radius 3 is 2.67 bits per heavy atom. The lowest BCUT2D eigenvalue weighted by atomic mass is 10.3. The van der Waals surface area contributed by atoms with Crippen LogP contribution in [-0.2, 0) is 4.74 Å². The van der Waals surface area contributed by atoms with E-state index in [1.165, 1.54) is 4.90 Å². The molecule has 1 aliphatic rings. The van der Waals surface area contributed by atoms with Gasteiger partial charge in [0.15, 0.2) is 0 Å². The van der Waals surface area contributed by atoms with Gasteiger partial charge in [0.1, 0.15) is 12.4 Å². The summed E-state index contributed by atoms with van der Waals surface area (Å²) in [7, 11) is 0. The van der Waals surface area contributed by atoms with Gasteiger partial charge in [-0.1, -0.05) is 0 Å². The summed E-state index contributed by atoms with van der Waals surface area (Å²) in [6.07, 6.45) is -0.0465. The molecule has 0 aromatic rings. The Balaban J connectivity index is 0.00000196. The molecule has 86 valence electrons. The van der Waals surface area contributed by atoms with Crippen LogP contribution in [0.4, 0.5) is 9.59 Å². The maximum atomic E-state index is 10.9. The number of urea groups is 1. The average Bonchev–Trinajstić information content (AvgIpc) is 2.46. The maximum Gasteiger partial charge on any atom is 0.409 e. The van der Waals surface area contributed by atoms with Crippen molar-refractivity contribution in [3.63, 3.8) is 0 Å². The molecule has 0 aliphatic carbocycles. The van der Waals surface area contributed by atoms with Crippen LogP contribution in [0.15, 0.2) is 4.99 Å². The van der Waals surface area contributed by atoms with Crippen LogP contribution in [0.2, 0.25) is 0 Å². The van der Waals surface area contributed by atoms with Crippen molar-refractivity contribution in [2.75, 3.05) is 19.7 Å². The zero-order valence-electron chi connectivity index (χ0n) is 8.01. The van der Waals surface area contributed by atoms with E-state index >= 15 is 0 Å². The van der Waals surface area contributed by atoms with Gasteiger partial charge < -0.3 is 21.1 Å². The number of hydrogen-bond acceptors (Lipinski definition) is 3. The quantitative estimate of drug-likeness (QED) is 0.553. The van der Waals surface area contributed by atoms with Crippen LogP contribution in [0.5, 0.6) is 0 Å². The van der Waals surface area contributed by atoms with Gasteiger partial charge in [0.2, 0.25) is 0 Å². The zero-order chi connectivity index (χ0) is 10.6. The van der Waals surface area contributed by atoms with Crippen molar-refractivity contribution in [2.45, 2.75) is 6.42 Å². The Labute approximate surface area is 97.2 Å². The Morgan fingerprint density at radius 1 is 1.53 bits per heavy atom. The average molecular weight is 281 g/mol. The summed E-state index contributed by atoms with van der Waals surface area (Å²) in [5.74, 6) is 0.122. The number of halogens is 1. The second-order valence-electron chi connectivity index (χ2n) is 2.79. The Morgan fingerprint density at radius 2 is 2.20 bits per heavy atom. The highest BCUT2D eigenvalue weighted by Crippen LogP contribution is 2.03. The molecule has 0 aromatic heterocycles. The van der Waals surface area contributed by atoms with E-state index in [1.807, 2.05) is 0 Å². The van der Waals surface area contributed by atoms with Gasteiger partial charge in [-0.3, -0.25) is 0 Å². The molecule has 0 unspecified atom stereocenters. The molecule has 1 saturated heterocycles. The van der Waals surface area contributed by atoms with Crippen molar-refractivity contribution in [1.82, 2.24) is 4.90 Å². The number of aliphatic imine (C=N–C) groups is 1. The van der Waals surface area contributed by atoms with Gasteiger partial charge in [-0.05, 0) is 0 Å². The zero-order valence-corrected chi connectivity index (χ0v) is 9.72. The first-order valence-electron chi connectivity index (χ1n) is 4.14. The Hall–Kier alpha value is -1.31. The summed E-state index contributed by atoms with van der Waals surface area (Å²) in [5, 5.41) is 0. The number of nitrogens with zero attached hydrogens (tertiary/aromatic N) is 2. The molecule has 4 N–H and O–H groups in total. The van der Waals surface area contributed by atoms with E-state index < -0.39 is 6.03 Å². The topological polar surface area (TPSA) is 111 Å². The van der Waals surface area contributed by atoms with Gasteiger partial charge in [0.25, 0.3) is 0 Å². The predicted molar refractivity (Wildman–Crippen MR) is 59.1 cm³/mol. The van der Waals surface area contributed by atoms with Gasteiger partial charge in [0, 0.05) is 13.0 Å². The molecule has 0 saturated carbocycles. The number of carbonyl (C=O) groups excluding carboxylic acids is 2. The molecule has 1 aliphatic heterocycles. The molecule has 15 heavy (non-hydrogen) atoms. The van der Waals surface area contributed by atoms with Crippen molar-refractivity contribution >= 4 is 34.9 Å². The van der Waals surface area contributed by atoms with E-state index in [2.05, 4.69) is 4.99 Å². The fourth-order valence-corrected chi connectivity index (χ4v) is 1.08. The Bertz CT molecular complexity index is 281. The van der Waals surface area contributed by atoms with Crippen molar-refractivity contribution in [1.29, 1.82) is 0 Å². The van der Waals surface area contributed by atoms with Crippen LogP contribution < -0.4 is 11.5 Å². The van der Waals surface area contributed by atoms with E-state index in [1.54, 1.807) is 0 Å². The molecule has 7 nitrogen and oxygen atoms in total. The number of ether oxygens (including phenoxy) is 1. The summed E-state index contributed by atoms with van der Waals surface area (Å²) in [6.45, 7) is 1.33. The van der Waals surface area contributed by atoms with E-state index in [0.717, 1.165) is 0 Å². The van der Waals surface area contributed by atoms with Crippen molar-refractivity contribution in [3.05, 3.63) is 0 Å². The second kappa shape index (κ2) is 6.23. The smallest absolute Gasteiger partial charge is 0.409 e. The van der Waals surface area contributed by atoms with Gasteiger partial charge in [0.05, 0.1) is 6.54 Å². The summed E-state index contributed by atoms with van der Waals surface area (Å²) in [6, 6.07) is -0.827. The Kier molecular flexibility index (Phi) is 5.68. The van der Waals surface area contributed by atoms with Gasteiger partial charge in [-0.2, -0.15) is 4.99 Å². The molecule has 0 aromatic carbocycles. The third kappa shape index (κ3) is 4.63. The number of rotatable bonds is 3. The van der Waals surface area contributed by atoms with Crippen molar-refractivity contribution < 1.29 is 14.3 Å². The van der Waals surface area contributed by atoms with E-state index in [4.69, 9.17) is 16.2 Å². The van der Waals surface area contributed by atoms with Crippen LogP contribution in [0.3, 0.4) is 0 Å². The molecule has 3 amide bonds. The minimum Gasteiger partial charge on any atom is -0.448 e. The first-order valence-corrected chi connectivity index (χ1v) is 4.14. The highest BCUT2D eigenvalue weighted by molar-refractivity contribution is 8.93. The number of nitrogens with two attached hydrogens (primary N) is 2. The van der Waals surface area contributed by atoms with Crippen molar-refractivity contribution in [3.8, 4) is 0 Å². The fraction of sp³-hybridized carbons (Fsp3) is 0.571. The van der Waals surface area contributed by atoms with Crippen LogP contribution in [-0.4, -0.2) is 42.6 Å². The van der Waals surface area contributed by atoms with E-state index in [9.17, 15) is 9.59 Å². The molecule has 1 rings (SSSR count). The monoisotopic (exact) mass is 280 g/mol. The maximum absolute atomic E-state index is 10.9. The number of amidine groups is 1. The first-order chi connectivity index (χ1) is 6.59. The van der Waals surface area contributed by atoms with Crippen LogP contribution >= 0.6 is 17.0 Å². The van der Waals surface area contributed by atoms with E-state index in [0.29, 0.717) is 26.1 Å². The number of carbonyl (C=O) groups is 2. The lowest BCUT2D eigenvalue weighted by Gasteiger charge is -2.10. The lowest BCUT2D eigenvalue weighted by molar-refractivity contribution is 0.159. The SMILES string of the molecule is Br.NC(=O)N=C(N)CCN1CCOC1=O. The van der Waals surface area contributed by atoms with Gasteiger partial charge in [-0.15, -0.1) is 17.0 Å². The summed E-state index contributed by atoms with van der Waals surface area (Å²) < 4.78 is 4.69. The normalized spacial score (nSPS) is 15.9. The number of amides is 3. The highest BCUT2D eigenvalue weighted by Gasteiger charge is 2.21. The molecule has 8 heteroatoms. The highest BCUT2D eigenvalue weighted by atomic mass is 79.9. The van der Waals surface area contributed by atoms with Crippen molar-refractivity contribution in [2.24, 2.45) is 16.5 Å². The fourth-order valence-electron chi connectivity index (χ4n) is 1.08. The third-order valence-corrected chi connectivity index (χ3v) is 1.74. The lowest BCUT2D eigenvalue weighted by Crippen LogP contribution is -2.29. The molecule has 1 heterocycles. The standard InChI is InChI=1S/C7H12N4O3.BrH/c8-5(10-6(9)12)1-2-11-3-4-14-7(11)13;/h1-4H2,(H4,8,9,10,12);1H. The van der Waals surface area contributed by atoms with E-state index in [-0.39, 0.29) is 28.9 Å². The molecule has 0 bridgehead atoms. The van der Waals surface area contributed by atoms with Gasteiger partial charge >= 0.3 is 12.1 Å². The molecule has 1 fully saturated rings. The molecule has 0 radical (unpaired) electrons. The van der Waals surface area contributed by atoms with Crippen LogP contribution in [0.25, 0.3) is 0 Å². The number of primary amides is 1. The number of cyclic esters (lactones) is 1. The van der Waals surface area contributed by atoms with Crippen LogP contribution in [0, 0.1) is 0 Å². The molecule has 0 spiro atoms. The minimum absolute atomic E-state index is 0.